The summed E-state index contributed by atoms with van der Waals surface area (Å²) in [4.78, 5) is 11.9. The summed E-state index contributed by atoms with van der Waals surface area (Å²) in [6.45, 7) is 2.37. The molecule has 0 aromatic heterocycles. The number of thiocarbonyl (C=S) groups is 1. The van der Waals surface area contributed by atoms with E-state index >= 15 is 0 Å². The number of ether oxygens (including phenoxy) is 1. The lowest BCUT2D eigenvalue weighted by atomic mass is 9.86. The fraction of sp³-hybridized carbons (Fsp3) is 0.529. The van der Waals surface area contributed by atoms with Crippen LogP contribution in [0.3, 0.4) is 0 Å². The zero-order valence-electron chi connectivity index (χ0n) is 14.2. The Kier molecular flexibility index (Phi) is 7.11. The van der Waals surface area contributed by atoms with E-state index in [0.717, 1.165) is 17.9 Å². The van der Waals surface area contributed by atoms with Crippen LogP contribution in [0.4, 0.5) is 5.69 Å². The van der Waals surface area contributed by atoms with Crippen molar-refractivity contribution in [2.24, 2.45) is 5.92 Å². The minimum absolute atomic E-state index is 0.141. The van der Waals surface area contributed by atoms with E-state index in [1.54, 1.807) is 7.11 Å². The number of carbonyl (C=O) groups excluding carboxylic acids is 1. The first-order valence-corrected chi connectivity index (χ1v) is 8.72. The molecule has 1 aliphatic carbocycles. The van der Waals surface area contributed by atoms with Crippen molar-refractivity contribution in [3.63, 3.8) is 0 Å². The van der Waals surface area contributed by atoms with Gasteiger partial charge < -0.3 is 15.4 Å². The van der Waals surface area contributed by atoms with Gasteiger partial charge >= 0.3 is 0 Å². The van der Waals surface area contributed by atoms with Crippen LogP contribution < -0.4 is 26.2 Å². The molecule has 0 bridgehead atoms. The molecule has 6 nitrogen and oxygen atoms in total. The number of nitrogens with one attached hydrogen (secondary N) is 4. The van der Waals surface area contributed by atoms with Gasteiger partial charge in [-0.2, -0.15) is 0 Å². The molecule has 1 saturated carbocycles. The molecule has 0 radical (unpaired) electrons. The number of carbonyl (C=O) groups is 1. The second-order valence-electron chi connectivity index (χ2n) is 6.10. The van der Waals surface area contributed by atoms with Gasteiger partial charge in [0.05, 0.1) is 13.7 Å². The Hall–Kier alpha value is -2.02. The van der Waals surface area contributed by atoms with Crippen molar-refractivity contribution in [2.75, 3.05) is 19.0 Å². The summed E-state index contributed by atoms with van der Waals surface area (Å²) in [5.41, 5.74) is 6.19. The van der Waals surface area contributed by atoms with Crippen LogP contribution in [0.1, 0.15) is 32.6 Å². The lowest BCUT2D eigenvalue weighted by Gasteiger charge is -2.30. The van der Waals surface area contributed by atoms with Gasteiger partial charge in [-0.1, -0.05) is 25.8 Å². The van der Waals surface area contributed by atoms with Crippen LogP contribution in [0.25, 0.3) is 0 Å². The Bertz CT molecular complexity index is 567. The SMILES string of the molecule is COc1cccc(NCC(=O)NNC(=S)N[C@H]2CCCC[C@H]2C)c1. The highest BCUT2D eigenvalue weighted by Gasteiger charge is 2.21. The van der Waals surface area contributed by atoms with Gasteiger partial charge in [-0.15, -0.1) is 0 Å². The lowest BCUT2D eigenvalue weighted by Crippen LogP contribution is -2.52. The highest BCUT2D eigenvalue weighted by Crippen LogP contribution is 2.23. The minimum Gasteiger partial charge on any atom is -0.497 e. The third-order valence-electron chi connectivity index (χ3n) is 4.27. The van der Waals surface area contributed by atoms with E-state index in [-0.39, 0.29) is 12.5 Å². The molecular weight excluding hydrogens is 324 g/mol. The van der Waals surface area contributed by atoms with Gasteiger partial charge in [-0.25, -0.2) is 0 Å². The molecule has 2 rings (SSSR count). The Balaban J connectivity index is 1.67. The van der Waals surface area contributed by atoms with Crippen LogP contribution in [-0.2, 0) is 4.79 Å². The molecule has 0 spiro atoms. The van der Waals surface area contributed by atoms with Crippen molar-refractivity contribution in [3.05, 3.63) is 24.3 Å². The highest BCUT2D eigenvalue weighted by molar-refractivity contribution is 7.80. The highest BCUT2D eigenvalue weighted by atomic mass is 32.1. The van der Waals surface area contributed by atoms with Gasteiger partial charge in [-0.3, -0.25) is 15.6 Å². The molecule has 1 amide bonds. The Morgan fingerprint density at radius 2 is 2.08 bits per heavy atom. The number of amides is 1. The second-order valence-corrected chi connectivity index (χ2v) is 6.51. The standard InChI is InChI=1S/C17H26N4O2S/c1-12-6-3-4-9-15(12)19-17(24)21-20-16(22)11-18-13-7-5-8-14(10-13)23-2/h5,7-8,10,12,15,18H,3-4,6,9,11H2,1-2H3,(H,20,22)(H2,19,21,24)/t12-,15+/m1/s1. The normalized spacial score (nSPS) is 19.9. The first-order valence-electron chi connectivity index (χ1n) is 8.31. The van der Waals surface area contributed by atoms with Crippen molar-refractivity contribution >= 4 is 28.9 Å². The van der Waals surface area contributed by atoms with E-state index in [4.69, 9.17) is 17.0 Å². The van der Waals surface area contributed by atoms with E-state index < -0.39 is 0 Å². The summed E-state index contributed by atoms with van der Waals surface area (Å²) in [7, 11) is 1.61. The van der Waals surface area contributed by atoms with Gasteiger partial charge in [0, 0.05) is 17.8 Å². The molecule has 1 aromatic carbocycles. The second kappa shape index (κ2) is 9.32. The number of anilines is 1. The maximum absolute atomic E-state index is 11.9. The average Bonchev–Trinajstić information content (AvgIpc) is 2.60. The molecule has 1 fully saturated rings. The van der Waals surface area contributed by atoms with Crippen LogP contribution in [-0.4, -0.2) is 30.7 Å². The molecule has 132 valence electrons. The smallest absolute Gasteiger partial charge is 0.257 e. The van der Waals surface area contributed by atoms with Gasteiger partial charge in [0.1, 0.15) is 5.75 Å². The molecule has 2 atom stereocenters. The quantitative estimate of drug-likeness (QED) is 0.482. The summed E-state index contributed by atoms with van der Waals surface area (Å²) in [5.74, 6) is 1.15. The Morgan fingerprint density at radius 1 is 1.29 bits per heavy atom. The van der Waals surface area contributed by atoms with E-state index in [2.05, 4.69) is 28.4 Å². The first-order chi connectivity index (χ1) is 11.6. The lowest BCUT2D eigenvalue weighted by molar-refractivity contribution is -0.119. The number of methoxy groups -OCH3 is 1. The zero-order valence-corrected chi connectivity index (χ0v) is 15.0. The fourth-order valence-corrected chi connectivity index (χ4v) is 3.02. The number of benzene rings is 1. The fourth-order valence-electron chi connectivity index (χ4n) is 2.82. The van der Waals surface area contributed by atoms with Crippen molar-refractivity contribution < 1.29 is 9.53 Å². The van der Waals surface area contributed by atoms with Gasteiger partial charge in [0.15, 0.2) is 5.11 Å². The van der Waals surface area contributed by atoms with Crippen LogP contribution in [0.15, 0.2) is 24.3 Å². The molecule has 0 saturated heterocycles. The molecule has 7 heteroatoms. The Morgan fingerprint density at radius 3 is 2.83 bits per heavy atom. The van der Waals surface area contributed by atoms with Crippen LogP contribution in [0.5, 0.6) is 5.75 Å². The van der Waals surface area contributed by atoms with Crippen LogP contribution in [0.2, 0.25) is 0 Å². The monoisotopic (exact) mass is 350 g/mol. The van der Waals surface area contributed by atoms with Gasteiger partial charge in [0.2, 0.25) is 0 Å². The molecule has 1 aliphatic rings. The van der Waals surface area contributed by atoms with Gasteiger partial charge in [0.25, 0.3) is 5.91 Å². The third-order valence-corrected chi connectivity index (χ3v) is 4.49. The third kappa shape index (κ3) is 5.88. The predicted molar refractivity (Wildman–Crippen MR) is 99.9 cm³/mol. The summed E-state index contributed by atoms with van der Waals surface area (Å²) < 4.78 is 5.14. The van der Waals surface area contributed by atoms with Crippen molar-refractivity contribution in [3.8, 4) is 5.75 Å². The van der Waals surface area contributed by atoms with Crippen LogP contribution >= 0.6 is 12.2 Å². The summed E-state index contributed by atoms with van der Waals surface area (Å²) >= 11 is 5.24. The maximum Gasteiger partial charge on any atom is 0.257 e. The summed E-state index contributed by atoms with van der Waals surface area (Å²) in [5, 5.41) is 6.78. The minimum atomic E-state index is -0.196. The van der Waals surface area contributed by atoms with Crippen molar-refractivity contribution in [1.29, 1.82) is 0 Å². The van der Waals surface area contributed by atoms with E-state index in [1.165, 1.54) is 19.3 Å². The Labute approximate surface area is 148 Å². The molecule has 0 unspecified atom stereocenters. The number of hydrogen-bond donors (Lipinski definition) is 4. The largest absolute Gasteiger partial charge is 0.497 e. The molecule has 4 N–H and O–H groups in total. The van der Waals surface area contributed by atoms with E-state index in [1.807, 2.05) is 24.3 Å². The zero-order chi connectivity index (χ0) is 17.4. The molecular formula is C17H26N4O2S. The van der Waals surface area contributed by atoms with Crippen molar-refractivity contribution in [1.82, 2.24) is 16.2 Å². The van der Waals surface area contributed by atoms with Crippen molar-refractivity contribution in [2.45, 2.75) is 38.6 Å². The number of rotatable bonds is 5. The van der Waals surface area contributed by atoms with Gasteiger partial charge in [-0.05, 0) is 43.1 Å². The van der Waals surface area contributed by atoms with E-state index in [0.29, 0.717) is 17.1 Å². The average molecular weight is 350 g/mol. The van der Waals surface area contributed by atoms with E-state index in [9.17, 15) is 4.79 Å². The number of hydrazine groups is 1. The topological polar surface area (TPSA) is 74.4 Å². The van der Waals surface area contributed by atoms with Crippen LogP contribution in [0, 0.1) is 5.92 Å². The molecule has 24 heavy (non-hydrogen) atoms. The number of hydrogen-bond acceptors (Lipinski definition) is 4. The molecule has 0 heterocycles. The molecule has 1 aromatic rings. The first kappa shape index (κ1) is 18.3. The maximum atomic E-state index is 11.9. The predicted octanol–water partition coefficient (Wildman–Crippen LogP) is 2.18. The summed E-state index contributed by atoms with van der Waals surface area (Å²) in [6, 6.07) is 7.80. The summed E-state index contributed by atoms with van der Waals surface area (Å²) in [6.07, 6.45) is 4.85. The molecule has 0 aliphatic heterocycles.